The molecule has 4 aliphatic rings. The minimum Gasteiger partial charge on any atom is -0.393 e. The smallest absolute Gasteiger partial charge is 0.250 e. The van der Waals surface area contributed by atoms with E-state index in [9.17, 15) is 19.0 Å². The Labute approximate surface area is 192 Å². The first-order valence-electron chi connectivity index (χ1n) is 12.5. The number of likely N-dealkylation sites (tertiary alicyclic amines) is 1. The summed E-state index contributed by atoms with van der Waals surface area (Å²) >= 11 is 0. The van der Waals surface area contributed by atoms with Crippen LogP contribution in [0.3, 0.4) is 0 Å². The van der Waals surface area contributed by atoms with E-state index >= 15 is 0 Å². The van der Waals surface area contributed by atoms with E-state index in [1.54, 1.807) is 0 Å². The molecule has 3 saturated carbocycles. The maximum Gasteiger partial charge on any atom is 0.250 e. The van der Waals surface area contributed by atoms with Gasteiger partial charge in [0.25, 0.3) is 5.92 Å². The fourth-order valence-corrected chi connectivity index (χ4v) is 7.25. The molecule has 4 rings (SSSR count). The van der Waals surface area contributed by atoms with Gasteiger partial charge in [-0.3, -0.25) is 0 Å². The van der Waals surface area contributed by atoms with Gasteiger partial charge >= 0.3 is 0 Å². The first kappa shape index (κ1) is 24.1. The number of aliphatic hydroxyl groups is 2. The summed E-state index contributed by atoms with van der Waals surface area (Å²) in [6.07, 6.45) is 10.1. The van der Waals surface area contributed by atoms with Gasteiger partial charge in [-0.1, -0.05) is 38.2 Å². The molecule has 5 heteroatoms. The summed E-state index contributed by atoms with van der Waals surface area (Å²) in [5, 5.41) is 20.2. The van der Waals surface area contributed by atoms with Gasteiger partial charge < -0.3 is 15.1 Å². The van der Waals surface area contributed by atoms with Gasteiger partial charge in [0.1, 0.15) is 0 Å². The van der Waals surface area contributed by atoms with Crippen LogP contribution in [0.1, 0.15) is 65.7 Å². The highest BCUT2D eigenvalue weighted by atomic mass is 19.3. The Kier molecular flexibility index (Phi) is 6.75. The monoisotopic (exact) mass is 449 g/mol. The third kappa shape index (κ3) is 4.63. The number of rotatable bonds is 5. The SMILES string of the molecule is C=C1/C(=C\C=C2/CCC[C@]3(C)[C@@H]([C@H](C)CN4CC(C(C)(F)F)C4)CC[C@@H]23)CC(O)CC1O. The molecule has 0 aromatic heterocycles. The Balaban J connectivity index is 1.42. The molecule has 1 saturated heterocycles. The molecular weight excluding hydrogens is 408 g/mol. The van der Waals surface area contributed by atoms with E-state index < -0.39 is 24.0 Å². The lowest BCUT2D eigenvalue weighted by Gasteiger charge is -2.47. The summed E-state index contributed by atoms with van der Waals surface area (Å²) in [5.74, 6) is -1.34. The van der Waals surface area contributed by atoms with Crippen molar-refractivity contribution in [2.75, 3.05) is 19.6 Å². The molecule has 4 fully saturated rings. The lowest BCUT2D eigenvalue weighted by molar-refractivity contribution is -0.109. The number of fused-ring (bicyclic) bond motifs is 1. The standard InChI is InChI=1S/C27H41F2NO2/c1-17(14-30-15-21(16-30)27(4,28)29)23-9-10-24-19(6-5-11-26(23,24)3)7-8-20-12-22(31)13-25(32)18(20)2/h7-8,17,21-25,31-32H,2,5-6,9-16H2,1,3-4H3/b19-7+,20-8-/t17-,22?,23-,24+,25?,26-/m1/s1. The van der Waals surface area contributed by atoms with Crippen molar-refractivity contribution in [1.29, 1.82) is 0 Å². The third-order valence-corrected chi connectivity index (χ3v) is 9.21. The van der Waals surface area contributed by atoms with Crippen LogP contribution in [0.4, 0.5) is 8.78 Å². The highest BCUT2D eigenvalue weighted by Crippen LogP contribution is 2.59. The fraction of sp³-hybridized carbons (Fsp3) is 0.778. The van der Waals surface area contributed by atoms with E-state index in [-0.39, 0.29) is 5.41 Å². The lowest BCUT2D eigenvalue weighted by Crippen LogP contribution is -2.55. The summed E-state index contributed by atoms with van der Waals surface area (Å²) in [7, 11) is 0. The summed E-state index contributed by atoms with van der Waals surface area (Å²) in [6, 6.07) is 0. The molecule has 6 atom stereocenters. The Morgan fingerprint density at radius 2 is 1.97 bits per heavy atom. The molecule has 3 aliphatic carbocycles. The average Bonchev–Trinajstić information content (AvgIpc) is 3.02. The number of allylic oxidation sites excluding steroid dienone is 3. The normalized spacial score (nSPS) is 40.5. The molecular formula is C27H41F2NO2. The topological polar surface area (TPSA) is 43.7 Å². The van der Waals surface area contributed by atoms with Crippen molar-refractivity contribution in [1.82, 2.24) is 4.90 Å². The molecule has 180 valence electrons. The number of hydrogen-bond acceptors (Lipinski definition) is 3. The zero-order valence-corrected chi connectivity index (χ0v) is 20.0. The van der Waals surface area contributed by atoms with Crippen molar-refractivity contribution in [3.8, 4) is 0 Å². The van der Waals surface area contributed by atoms with E-state index in [1.807, 2.05) is 0 Å². The van der Waals surface area contributed by atoms with Crippen molar-refractivity contribution >= 4 is 0 Å². The van der Waals surface area contributed by atoms with Gasteiger partial charge in [-0.15, -0.1) is 0 Å². The van der Waals surface area contributed by atoms with Crippen molar-refractivity contribution in [3.05, 3.63) is 35.5 Å². The second-order valence-electron chi connectivity index (χ2n) is 11.5. The van der Waals surface area contributed by atoms with Crippen LogP contribution in [0, 0.1) is 29.1 Å². The molecule has 3 nitrogen and oxygen atoms in total. The maximum absolute atomic E-state index is 13.5. The van der Waals surface area contributed by atoms with Crippen LogP contribution in [0.15, 0.2) is 35.5 Å². The highest BCUT2D eigenvalue weighted by molar-refractivity contribution is 5.38. The van der Waals surface area contributed by atoms with Gasteiger partial charge in [-0.25, -0.2) is 8.78 Å². The quantitative estimate of drug-likeness (QED) is 0.595. The fourth-order valence-electron chi connectivity index (χ4n) is 7.25. The van der Waals surface area contributed by atoms with Crippen LogP contribution in [0.2, 0.25) is 0 Å². The third-order valence-electron chi connectivity index (χ3n) is 9.21. The van der Waals surface area contributed by atoms with Crippen LogP contribution in [0.25, 0.3) is 0 Å². The summed E-state index contributed by atoms with van der Waals surface area (Å²) in [4.78, 5) is 2.22. The van der Waals surface area contributed by atoms with Crippen molar-refractivity contribution < 1.29 is 19.0 Å². The predicted molar refractivity (Wildman–Crippen MR) is 124 cm³/mol. The molecule has 0 aromatic rings. The van der Waals surface area contributed by atoms with Gasteiger partial charge in [-0.2, -0.15) is 0 Å². The van der Waals surface area contributed by atoms with Gasteiger partial charge in [-0.05, 0) is 79.8 Å². The average molecular weight is 450 g/mol. The number of nitrogens with zero attached hydrogens (tertiary/aromatic N) is 1. The minimum absolute atomic E-state index is 0.267. The minimum atomic E-state index is -2.56. The van der Waals surface area contributed by atoms with Gasteiger partial charge in [0.2, 0.25) is 0 Å². The number of aliphatic hydroxyl groups excluding tert-OH is 2. The Bertz CT molecular complexity index is 779. The van der Waals surface area contributed by atoms with Crippen LogP contribution < -0.4 is 0 Å². The Morgan fingerprint density at radius 3 is 2.66 bits per heavy atom. The van der Waals surface area contributed by atoms with E-state index in [1.165, 1.54) is 31.3 Å². The highest BCUT2D eigenvalue weighted by Gasteiger charge is 2.51. The predicted octanol–water partition coefficient (Wildman–Crippen LogP) is 5.35. The van der Waals surface area contributed by atoms with Crippen molar-refractivity contribution in [3.63, 3.8) is 0 Å². The second-order valence-corrected chi connectivity index (χ2v) is 11.5. The largest absolute Gasteiger partial charge is 0.393 e. The van der Waals surface area contributed by atoms with Crippen molar-refractivity contribution in [2.24, 2.45) is 29.1 Å². The number of alkyl halides is 2. The molecule has 1 heterocycles. The molecule has 32 heavy (non-hydrogen) atoms. The molecule has 2 unspecified atom stereocenters. The van der Waals surface area contributed by atoms with E-state index in [4.69, 9.17) is 0 Å². The molecule has 2 N–H and O–H groups in total. The summed E-state index contributed by atoms with van der Waals surface area (Å²) < 4.78 is 27.0. The second kappa shape index (κ2) is 8.96. The molecule has 0 spiro atoms. The molecule has 1 aliphatic heterocycles. The van der Waals surface area contributed by atoms with Crippen LogP contribution in [0.5, 0.6) is 0 Å². The van der Waals surface area contributed by atoms with Crippen LogP contribution in [-0.4, -0.2) is 52.9 Å². The van der Waals surface area contributed by atoms with E-state index in [2.05, 4.69) is 37.5 Å². The van der Waals surface area contributed by atoms with Gasteiger partial charge in [0, 0.05) is 32.0 Å². The summed E-state index contributed by atoms with van der Waals surface area (Å²) in [5.41, 5.74) is 3.48. The molecule has 0 radical (unpaired) electrons. The van der Waals surface area contributed by atoms with Crippen molar-refractivity contribution in [2.45, 2.75) is 83.8 Å². The molecule has 0 bridgehead atoms. The van der Waals surface area contributed by atoms with Gasteiger partial charge in [0.15, 0.2) is 0 Å². The molecule has 0 aromatic carbocycles. The Morgan fingerprint density at radius 1 is 1.25 bits per heavy atom. The van der Waals surface area contributed by atoms with Crippen LogP contribution in [-0.2, 0) is 0 Å². The zero-order chi connectivity index (χ0) is 23.3. The van der Waals surface area contributed by atoms with E-state index in [0.29, 0.717) is 43.7 Å². The molecule has 0 amide bonds. The maximum atomic E-state index is 13.5. The van der Waals surface area contributed by atoms with Crippen LogP contribution >= 0.6 is 0 Å². The first-order valence-corrected chi connectivity index (χ1v) is 12.5. The van der Waals surface area contributed by atoms with E-state index in [0.717, 1.165) is 31.0 Å². The van der Waals surface area contributed by atoms with Gasteiger partial charge in [0.05, 0.1) is 12.2 Å². The zero-order valence-electron chi connectivity index (χ0n) is 20.0. The number of hydrogen-bond donors (Lipinski definition) is 2. The summed E-state index contributed by atoms with van der Waals surface area (Å²) in [6.45, 7) is 11.9. The first-order chi connectivity index (χ1) is 15.0. The lowest BCUT2D eigenvalue weighted by atomic mass is 9.61. The number of halogens is 2. The Hall–Kier alpha value is -1.04.